The minimum atomic E-state index is 0.414. The van der Waals surface area contributed by atoms with Crippen molar-refractivity contribution in [3.8, 4) is 0 Å². The molecule has 0 heterocycles. The summed E-state index contributed by atoms with van der Waals surface area (Å²) in [7, 11) is 0. The molecule has 0 fully saturated rings. The van der Waals surface area contributed by atoms with Gasteiger partial charge < -0.3 is 0 Å². The molecule has 1 unspecified atom stereocenters. The van der Waals surface area contributed by atoms with Crippen LogP contribution in [0.5, 0.6) is 0 Å². The van der Waals surface area contributed by atoms with Gasteiger partial charge in [0.1, 0.15) is 0 Å². The number of rotatable bonds is 3. The van der Waals surface area contributed by atoms with Crippen LogP contribution in [0, 0.1) is 12.8 Å². The first-order valence-electron chi connectivity index (χ1n) is 2.45. The maximum Gasteiger partial charge on any atom is 0.198 e. The van der Waals surface area contributed by atoms with Crippen LogP contribution in [-0.2, 0) is 4.79 Å². The van der Waals surface area contributed by atoms with Gasteiger partial charge in [-0.3, -0.25) is 4.79 Å². The van der Waals surface area contributed by atoms with Gasteiger partial charge in [-0.1, -0.05) is 20.3 Å². The summed E-state index contributed by atoms with van der Waals surface area (Å²) in [5.41, 5.74) is 0. The lowest BCUT2D eigenvalue weighted by Gasteiger charge is -1.97. The van der Waals surface area contributed by atoms with Crippen molar-refractivity contribution in [1.82, 2.24) is 0 Å². The first-order valence-corrected chi connectivity index (χ1v) is 2.45. The van der Waals surface area contributed by atoms with Gasteiger partial charge in [0, 0.05) is 6.42 Å². The molecule has 1 heteroatoms. The number of carbonyl (C=O) groups excluding carboxylic acids is 1. The van der Waals surface area contributed by atoms with Crippen molar-refractivity contribution < 1.29 is 4.79 Å². The van der Waals surface area contributed by atoms with E-state index in [0.29, 0.717) is 12.3 Å². The largest absolute Gasteiger partial charge is 0.291 e. The Bertz CT molecular complexity index is 50.1. The number of hydrogen-bond donors (Lipinski definition) is 0. The molecule has 0 aliphatic heterocycles. The summed E-state index contributed by atoms with van der Waals surface area (Å²) in [5, 5.41) is 0. The van der Waals surface area contributed by atoms with E-state index < -0.39 is 0 Å². The average Bonchev–Trinajstić information content (AvgIpc) is 1.68. The molecule has 0 amide bonds. The smallest absolute Gasteiger partial charge is 0.198 e. The van der Waals surface area contributed by atoms with Crippen LogP contribution in [0.25, 0.3) is 0 Å². The Labute approximate surface area is 44.7 Å². The quantitative estimate of drug-likeness (QED) is 0.520. The monoisotopic (exact) mass is 98.1 g/mol. The minimum Gasteiger partial charge on any atom is -0.291 e. The maximum absolute atomic E-state index is 9.62. The Hall–Kier alpha value is -0.330. The predicted molar refractivity (Wildman–Crippen MR) is 29.4 cm³/mol. The summed E-state index contributed by atoms with van der Waals surface area (Å²) < 4.78 is 0. The first-order chi connectivity index (χ1) is 3.31. The van der Waals surface area contributed by atoms with Crippen molar-refractivity contribution in [1.29, 1.82) is 0 Å². The van der Waals surface area contributed by atoms with E-state index in [0.717, 1.165) is 6.42 Å². The van der Waals surface area contributed by atoms with Crippen LogP contribution in [-0.4, -0.2) is 6.29 Å². The maximum atomic E-state index is 9.62. The zero-order valence-electron chi connectivity index (χ0n) is 4.61. The summed E-state index contributed by atoms with van der Waals surface area (Å²) in [6.07, 6.45) is 3.19. The van der Waals surface area contributed by atoms with Gasteiger partial charge in [-0.05, 0) is 5.92 Å². The van der Waals surface area contributed by atoms with Crippen molar-refractivity contribution in [3.05, 3.63) is 6.92 Å². The molecule has 40 valence electrons. The molecule has 0 aromatic rings. The molecule has 0 N–H and O–H groups in total. The van der Waals surface area contributed by atoms with E-state index >= 15 is 0 Å². The molecule has 0 saturated carbocycles. The van der Waals surface area contributed by atoms with Crippen molar-refractivity contribution in [2.24, 2.45) is 5.92 Å². The van der Waals surface area contributed by atoms with Crippen LogP contribution in [0.4, 0.5) is 0 Å². The van der Waals surface area contributed by atoms with E-state index in [1.807, 2.05) is 13.2 Å². The highest BCUT2D eigenvalue weighted by Gasteiger charge is 1.94. The molecule has 0 aromatic carbocycles. The topological polar surface area (TPSA) is 17.1 Å². The van der Waals surface area contributed by atoms with E-state index in [2.05, 4.69) is 6.92 Å². The Kier molecular flexibility index (Phi) is 3.67. The van der Waals surface area contributed by atoms with Crippen molar-refractivity contribution in [3.63, 3.8) is 0 Å². The Morgan fingerprint density at radius 2 is 2.43 bits per heavy atom. The summed E-state index contributed by atoms with van der Waals surface area (Å²) in [5.74, 6) is 0.414. The van der Waals surface area contributed by atoms with E-state index in [4.69, 9.17) is 0 Å². The highest BCUT2D eigenvalue weighted by Crippen LogP contribution is 2.01. The second-order valence-electron chi connectivity index (χ2n) is 1.74. The van der Waals surface area contributed by atoms with Crippen LogP contribution < -0.4 is 0 Å². The molecule has 2 radical (unpaired) electrons. The van der Waals surface area contributed by atoms with Gasteiger partial charge in [-0.2, -0.15) is 0 Å². The van der Waals surface area contributed by atoms with Gasteiger partial charge in [-0.25, -0.2) is 0 Å². The van der Waals surface area contributed by atoms with E-state index in [1.165, 1.54) is 0 Å². The Morgan fingerprint density at radius 3 is 2.57 bits per heavy atom. The van der Waals surface area contributed by atoms with Gasteiger partial charge in [0.05, 0.1) is 0 Å². The van der Waals surface area contributed by atoms with Crippen LogP contribution in [0.15, 0.2) is 0 Å². The standard InChI is InChI=1S/C6H10O/c1-3-6(2)4-5-7/h6H,1,3-4H2,2H3. The van der Waals surface area contributed by atoms with E-state index in [1.54, 1.807) is 0 Å². The molecule has 0 saturated heterocycles. The predicted octanol–water partition coefficient (Wildman–Crippen LogP) is 1.35. The lowest BCUT2D eigenvalue weighted by molar-refractivity contribution is 0.524. The van der Waals surface area contributed by atoms with Crippen molar-refractivity contribution >= 4 is 6.29 Å². The molecule has 0 rings (SSSR count). The molecule has 0 spiro atoms. The fourth-order valence-corrected chi connectivity index (χ4v) is 0.244. The minimum absolute atomic E-state index is 0.414. The highest BCUT2D eigenvalue weighted by molar-refractivity contribution is 5.50. The molecule has 0 aliphatic carbocycles. The molecule has 1 nitrogen and oxygen atoms in total. The molecule has 7 heavy (non-hydrogen) atoms. The van der Waals surface area contributed by atoms with Crippen molar-refractivity contribution in [2.75, 3.05) is 0 Å². The van der Waals surface area contributed by atoms with Crippen LogP contribution in [0.3, 0.4) is 0 Å². The van der Waals surface area contributed by atoms with Crippen LogP contribution in [0.1, 0.15) is 19.8 Å². The first kappa shape index (κ1) is 6.67. The van der Waals surface area contributed by atoms with Gasteiger partial charge in [-0.15, -0.1) is 0 Å². The Morgan fingerprint density at radius 1 is 1.86 bits per heavy atom. The fourth-order valence-electron chi connectivity index (χ4n) is 0.244. The number of hydrogen-bond acceptors (Lipinski definition) is 1. The Balaban J connectivity index is 2.98. The molecule has 0 aliphatic rings. The van der Waals surface area contributed by atoms with Crippen LogP contribution >= 0.6 is 0 Å². The normalized spacial score (nSPS) is 13.4. The third kappa shape index (κ3) is 3.50. The fraction of sp³-hybridized carbons (Fsp3) is 0.667. The molecule has 1 atom stereocenters. The molecular formula is C6H10O. The zero-order valence-corrected chi connectivity index (χ0v) is 4.61. The second-order valence-corrected chi connectivity index (χ2v) is 1.74. The third-order valence-electron chi connectivity index (χ3n) is 0.925. The lowest BCUT2D eigenvalue weighted by Crippen LogP contribution is -1.90. The van der Waals surface area contributed by atoms with E-state index in [9.17, 15) is 4.79 Å². The summed E-state index contributed by atoms with van der Waals surface area (Å²) in [6.45, 7) is 5.61. The third-order valence-corrected chi connectivity index (χ3v) is 0.925. The van der Waals surface area contributed by atoms with Gasteiger partial charge >= 0.3 is 0 Å². The highest BCUT2D eigenvalue weighted by atomic mass is 16.1. The summed E-state index contributed by atoms with van der Waals surface area (Å²) >= 11 is 0. The van der Waals surface area contributed by atoms with Gasteiger partial charge in [0.2, 0.25) is 0 Å². The second kappa shape index (κ2) is 3.85. The average molecular weight is 98.1 g/mol. The lowest BCUT2D eigenvalue weighted by atomic mass is 10.1. The van der Waals surface area contributed by atoms with Crippen LogP contribution in [0.2, 0.25) is 0 Å². The summed E-state index contributed by atoms with van der Waals surface area (Å²) in [4.78, 5) is 9.62. The van der Waals surface area contributed by atoms with Gasteiger partial charge in [0.15, 0.2) is 6.29 Å². The summed E-state index contributed by atoms with van der Waals surface area (Å²) in [6, 6.07) is 0. The van der Waals surface area contributed by atoms with Gasteiger partial charge in [0.25, 0.3) is 0 Å². The van der Waals surface area contributed by atoms with E-state index in [-0.39, 0.29) is 0 Å². The zero-order chi connectivity index (χ0) is 5.70. The molecule has 0 bridgehead atoms. The molecular weight excluding hydrogens is 88.1 g/mol. The molecule has 0 aromatic heterocycles. The van der Waals surface area contributed by atoms with Crippen molar-refractivity contribution in [2.45, 2.75) is 19.8 Å². The SMILES string of the molecule is [CH2]CC(C)C[C]=O.